The van der Waals surface area contributed by atoms with Gasteiger partial charge in [0.15, 0.2) is 0 Å². The van der Waals surface area contributed by atoms with E-state index in [1.807, 2.05) is 24.3 Å². The second kappa shape index (κ2) is 7.66. The molecule has 3 atom stereocenters. The summed E-state index contributed by atoms with van der Waals surface area (Å²) in [5, 5.41) is 11.3. The highest BCUT2D eigenvalue weighted by atomic mass is 35.5. The first kappa shape index (κ1) is 19.7. The van der Waals surface area contributed by atoms with Gasteiger partial charge >= 0.3 is 5.97 Å². The Bertz CT molecular complexity index is 925. The third kappa shape index (κ3) is 3.42. The molecule has 0 bridgehead atoms. The molecule has 146 valence electrons. The van der Waals surface area contributed by atoms with E-state index in [0.717, 1.165) is 22.7 Å². The lowest BCUT2D eigenvalue weighted by atomic mass is 9.87. The highest BCUT2D eigenvalue weighted by Gasteiger charge is 2.50. The van der Waals surface area contributed by atoms with Crippen LogP contribution in [0.3, 0.4) is 0 Å². The van der Waals surface area contributed by atoms with E-state index < -0.39 is 5.97 Å². The quantitative estimate of drug-likeness (QED) is 0.593. The van der Waals surface area contributed by atoms with Gasteiger partial charge < -0.3 is 10.0 Å². The molecule has 0 saturated carbocycles. The topological polar surface area (TPSA) is 40.5 Å². The minimum atomic E-state index is -0.832. The van der Waals surface area contributed by atoms with Crippen LogP contribution in [-0.2, 0) is 4.79 Å². The van der Waals surface area contributed by atoms with Crippen molar-refractivity contribution in [1.82, 2.24) is 4.90 Å². The fraction of sp³-hybridized carbons (Fsp3) is 0.318. The van der Waals surface area contributed by atoms with E-state index in [4.69, 9.17) is 23.2 Å². The van der Waals surface area contributed by atoms with E-state index in [9.17, 15) is 9.90 Å². The van der Waals surface area contributed by atoms with E-state index in [0.29, 0.717) is 9.93 Å². The Labute approximate surface area is 179 Å². The SMILES string of the molecule is CC(C)C1=C(C(=O)O)SC2C[C@@H](c3ccc(Cl)cc3)[C@@H](c3ccc(Cl)cc3)N12. The molecule has 28 heavy (non-hydrogen) atoms. The zero-order valence-electron chi connectivity index (χ0n) is 15.6. The number of carboxylic acids is 1. The van der Waals surface area contributed by atoms with Crippen molar-refractivity contribution in [2.24, 2.45) is 5.92 Å². The summed E-state index contributed by atoms with van der Waals surface area (Å²) in [6, 6.07) is 16.0. The largest absolute Gasteiger partial charge is 0.477 e. The van der Waals surface area contributed by atoms with E-state index in [1.54, 1.807) is 0 Å². The normalized spacial score (nSPS) is 24.2. The fourth-order valence-electron chi connectivity index (χ4n) is 4.36. The summed E-state index contributed by atoms with van der Waals surface area (Å²) >= 11 is 13.7. The van der Waals surface area contributed by atoms with Gasteiger partial charge in [-0.05, 0) is 47.7 Å². The average Bonchev–Trinajstić information content (AvgIpc) is 3.19. The minimum absolute atomic E-state index is 0.0604. The van der Waals surface area contributed by atoms with Crippen LogP contribution in [0, 0.1) is 5.92 Å². The molecule has 1 unspecified atom stereocenters. The molecule has 3 nitrogen and oxygen atoms in total. The van der Waals surface area contributed by atoms with Gasteiger partial charge in [0.25, 0.3) is 0 Å². The Morgan fingerprint density at radius 1 is 1.04 bits per heavy atom. The first-order valence-corrected chi connectivity index (χ1v) is 10.9. The zero-order chi connectivity index (χ0) is 20.0. The summed E-state index contributed by atoms with van der Waals surface area (Å²) in [5.74, 6) is -0.455. The van der Waals surface area contributed by atoms with Crippen LogP contribution < -0.4 is 0 Å². The van der Waals surface area contributed by atoms with Crippen molar-refractivity contribution >= 4 is 40.9 Å². The third-order valence-electron chi connectivity index (χ3n) is 5.46. The fourth-order valence-corrected chi connectivity index (χ4v) is 6.11. The van der Waals surface area contributed by atoms with E-state index >= 15 is 0 Å². The minimum Gasteiger partial charge on any atom is -0.477 e. The molecular formula is C22H21Cl2NO2S. The molecule has 1 saturated heterocycles. The van der Waals surface area contributed by atoms with E-state index in [-0.39, 0.29) is 23.3 Å². The number of fused-ring (bicyclic) bond motifs is 1. The number of aliphatic carboxylic acids is 1. The average molecular weight is 434 g/mol. The number of thioether (sulfide) groups is 1. The Morgan fingerprint density at radius 3 is 2.07 bits per heavy atom. The van der Waals surface area contributed by atoms with Crippen molar-refractivity contribution in [1.29, 1.82) is 0 Å². The molecule has 0 aliphatic carbocycles. The number of allylic oxidation sites excluding steroid dienone is 1. The molecule has 1 fully saturated rings. The molecular weight excluding hydrogens is 413 g/mol. The second-order valence-corrected chi connectivity index (χ2v) is 9.61. The van der Waals surface area contributed by atoms with Crippen LogP contribution in [0.5, 0.6) is 0 Å². The van der Waals surface area contributed by atoms with Crippen LogP contribution in [0.2, 0.25) is 10.0 Å². The van der Waals surface area contributed by atoms with Gasteiger partial charge in [-0.3, -0.25) is 0 Å². The van der Waals surface area contributed by atoms with E-state index in [2.05, 4.69) is 43.0 Å². The van der Waals surface area contributed by atoms with Gasteiger partial charge in [-0.15, -0.1) is 0 Å². The number of benzene rings is 2. The molecule has 2 aromatic carbocycles. The maximum atomic E-state index is 11.9. The predicted molar refractivity (Wildman–Crippen MR) is 116 cm³/mol. The zero-order valence-corrected chi connectivity index (χ0v) is 17.9. The van der Waals surface area contributed by atoms with Crippen LogP contribution in [0.25, 0.3) is 0 Å². The van der Waals surface area contributed by atoms with Gasteiger partial charge in [-0.25, -0.2) is 4.79 Å². The molecule has 4 rings (SSSR count). The van der Waals surface area contributed by atoms with E-state index in [1.165, 1.54) is 17.3 Å². The number of carbonyl (C=O) groups is 1. The molecule has 1 N–H and O–H groups in total. The number of hydrogen-bond donors (Lipinski definition) is 1. The Balaban J connectivity index is 1.83. The Kier molecular flexibility index (Phi) is 5.38. The van der Waals surface area contributed by atoms with Crippen LogP contribution in [0.4, 0.5) is 0 Å². The lowest BCUT2D eigenvalue weighted by Crippen LogP contribution is -2.29. The molecule has 2 aliphatic heterocycles. The molecule has 2 heterocycles. The lowest BCUT2D eigenvalue weighted by Gasteiger charge is -2.33. The van der Waals surface area contributed by atoms with Gasteiger partial charge in [0, 0.05) is 21.7 Å². The van der Waals surface area contributed by atoms with Gasteiger partial charge in [0.05, 0.1) is 11.4 Å². The van der Waals surface area contributed by atoms with Crippen molar-refractivity contribution in [3.8, 4) is 0 Å². The van der Waals surface area contributed by atoms with Gasteiger partial charge in [-0.2, -0.15) is 0 Å². The van der Waals surface area contributed by atoms with Crippen molar-refractivity contribution in [3.05, 3.63) is 80.3 Å². The molecule has 0 radical (unpaired) electrons. The summed E-state index contributed by atoms with van der Waals surface area (Å²) in [5.41, 5.74) is 3.30. The van der Waals surface area contributed by atoms with Crippen LogP contribution in [0.15, 0.2) is 59.1 Å². The van der Waals surface area contributed by atoms with Gasteiger partial charge in [0.1, 0.15) is 4.91 Å². The number of halogens is 2. The van der Waals surface area contributed by atoms with Gasteiger partial charge in [0.2, 0.25) is 0 Å². The highest BCUT2D eigenvalue weighted by molar-refractivity contribution is 8.04. The van der Waals surface area contributed by atoms with Crippen LogP contribution in [0.1, 0.15) is 43.4 Å². The molecule has 0 amide bonds. The standard InChI is InChI=1S/C22H21Cl2NO2S/c1-12(2)19-21(22(26)27)28-18-11-17(13-3-7-15(23)8-4-13)20(25(18)19)14-5-9-16(24)10-6-14/h3-10,12,17-18,20H,11H2,1-2H3,(H,26,27)/t17-,18?,20+/m0/s1. The molecule has 6 heteroatoms. The monoisotopic (exact) mass is 433 g/mol. The Hall–Kier alpha value is -1.62. The molecule has 2 aromatic rings. The number of carboxylic acid groups (broad SMARTS) is 1. The molecule has 2 aliphatic rings. The maximum Gasteiger partial charge on any atom is 0.344 e. The number of nitrogens with zero attached hydrogens (tertiary/aromatic N) is 1. The van der Waals surface area contributed by atoms with Crippen molar-refractivity contribution in [2.45, 2.75) is 37.6 Å². The first-order valence-electron chi connectivity index (χ1n) is 9.30. The van der Waals surface area contributed by atoms with Crippen LogP contribution >= 0.6 is 35.0 Å². The Morgan fingerprint density at radius 2 is 1.57 bits per heavy atom. The number of rotatable bonds is 4. The van der Waals surface area contributed by atoms with Gasteiger partial charge in [-0.1, -0.05) is 73.1 Å². The molecule has 0 spiro atoms. The number of hydrogen-bond acceptors (Lipinski definition) is 3. The highest BCUT2D eigenvalue weighted by Crippen LogP contribution is 2.58. The van der Waals surface area contributed by atoms with Crippen LogP contribution in [-0.4, -0.2) is 21.3 Å². The summed E-state index contributed by atoms with van der Waals surface area (Å²) in [4.78, 5) is 14.7. The summed E-state index contributed by atoms with van der Waals surface area (Å²) in [6.07, 6.45) is 0.882. The van der Waals surface area contributed by atoms with Crippen molar-refractivity contribution in [3.63, 3.8) is 0 Å². The summed E-state index contributed by atoms with van der Waals surface area (Å²) in [7, 11) is 0. The van der Waals surface area contributed by atoms with Crippen molar-refractivity contribution < 1.29 is 9.90 Å². The summed E-state index contributed by atoms with van der Waals surface area (Å²) in [6.45, 7) is 4.13. The third-order valence-corrected chi connectivity index (χ3v) is 7.28. The second-order valence-electron chi connectivity index (χ2n) is 7.54. The lowest BCUT2D eigenvalue weighted by molar-refractivity contribution is -0.131. The smallest absolute Gasteiger partial charge is 0.344 e. The van der Waals surface area contributed by atoms with Crippen molar-refractivity contribution in [2.75, 3.05) is 0 Å². The predicted octanol–water partition coefficient (Wildman–Crippen LogP) is 6.55. The summed E-state index contributed by atoms with van der Waals surface area (Å²) < 4.78 is 0. The molecule has 0 aromatic heterocycles. The first-order chi connectivity index (χ1) is 13.4. The maximum absolute atomic E-state index is 11.9.